The van der Waals surface area contributed by atoms with Gasteiger partial charge in [-0.3, -0.25) is 4.98 Å². The van der Waals surface area contributed by atoms with Crippen molar-refractivity contribution < 1.29 is 44.9 Å². The predicted octanol–water partition coefficient (Wildman–Crippen LogP) is 29.1. The van der Waals surface area contributed by atoms with Gasteiger partial charge in [-0.15, -0.1) is 0 Å². The summed E-state index contributed by atoms with van der Waals surface area (Å²) in [6.45, 7) is 19.6. The number of nitrogens with zero attached hydrogens (tertiary/aromatic N) is 6. The average Bonchev–Trinajstić information content (AvgIpc) is 1.64. The van der Waals surface area contributed by atoms with Crippen LogP contribution in [0.3, 0.4) is 0 Å². The van der Waals surface area contributed by atoms with E-state index in [-0.39, 0.29) is 0 Å². The zero-order chi connectivity index (χ0) is 89.7. The molecule has 636 valence electrons. The van der Waals surface area contributed by atoms with E-state index in [1.807, 2.05) is 24.4 Å². The zero-order valence-corrected chi connectivity index (χ0v) is 76.3. The first-order chi connectivity index (χ1) is 63.8. The minimum Gasteiger partial charge on any atom is -0.455 e. The molecule has 11 heteroatoms. The van der Waals surface area contributed by atoms with Crippen molar-refractivity contribution in [2.24, 2.45) is 35.2 Å². The van der Waals surface area contributed by atoms with Crippen LogP contribution in [0.4, 0.5) is 0 Å². The molecule has 0 unspecified atom stereocenters. The fourth-order valence-electron chi connectivity index (χ4n) is 19.5. The molecule has 14 aromatic carbocycles. The smallest absolute Gasteiger partial charge is 0.216 e. The van der Waals surface area contributed by atoms with Crippen LogP contribution in [0.2, 0.25) is 0 Å². The van der Waals surface area contributed by atoms with Crippen molar-refractivity contribution in [3.63, 3.8) is 0 Å². The molecule has 0 aliphatic heterocycles. The van der Waals surface area contributed by atoms with E-state index in [9.17, 15) is 0 Å². The molecule has 11 nitrogen and oxygen atoms in total. The SMILES string of the molecule is CCc1cc[n+](C)c(-c2c(C)ccc3c2oc2c4ccccc4ccc32)c1.Cc1cc[n+](C)c(-c2c(C)ccc3c2oc2c4ccccc4ccc32)c1.Cc1ccc2c(oc3c4ccccc4ccc23)c1-c1cc(C(C)C)cc[n+]1C.Cc1ccc2c(oc3c4ccccc4ccc23)c1-c1cccc[n+]1C.Cc1ccc2c(oc3cc4cccnc4cc32)c1-c1cccc[n+]1C. The first-order valence-electron chi connectivity index (χ1n) is 45.2. The predicted molar refractivity (Wildman–Crippen MR) is 539 cm³/mol. The maximum atomic E-state index is 6.57. The number of hydrogen-bond donors (Lipinski definition) is 0. The molecule has 0 bridgehead atoms. The lowest BCUT2D eigenvalue weighted by molar-refractivity contribution is -0.660. The van der Waals surface area contributed by atoms with Gasteiger partial charge in [0.15, 0.2) is 31.0 Å². The van der Waals surface area contributed by atoms with E-state index in [0.717, 1.165) is 106 Å². The van der Waals surface area contributed by atoms with E-state index in [4.69, 9.17) is 22.1 Å². The molecule has 0 amide bonds. The van der Waals surface area contributed by atoms with Crippen molar-refractivity contribution in [3.8, 4) is 56.3 Å². The molecule has 0 aliphatic carbocycles. The molecule has 0 spiro atoms. The molecule has 131 heavy (non-hydrogen) atoms. The van der Waals surface area contributed by atoms with Gasteiger partial charge in [0, 0.05) is 148 Å². The lowest BCUT2D eigenvalue weighted by atomic mass is 9.97. The maximum Gasteiger partial charge on any atom is 0.216 e. The number of aromatic nitrogens is 6. The summed E-state index contributed by atoms with van der Waals surface area (Å²) in [6, 6.07) is 107. The molecule has 25 rings (SSSR count). The Hall–Kier alpha value is -15.7. The molecule has 11 heterocycles. The van der Waals surface area contributed by atoms with Crippen LogP contribution in [0.25, 0.3) is 220 Å². The van der Waals surface area contributed by atoms with Gasteiger partial charge in [0.2, 0.25) is 28.5 Å². The van der Waals surface area contributed by atoms with Crippen LogP contribution in [0.5, 0.6) is 0 Å². The van der Waals surface area contributed by atoms with Crippen LogP contribution in [0.1, 0.15) is 71.2 Å². The van der Waals surface area contributed by atoms with Crippen molar-refractivity contribution in [1.82, 2.24) is 4.98 Å². The van der Waals surface area contributed by atoms with Crippen molar-refractivity contribution in [3.05, 3.63) is 385 Å². The summed E-state index contributed by atoms with van der Waals surface area (Å²) >= 11 is 0. The highest BCUT2D eigenvalue weighted by atomic mass is 16.3. The monoisotopic (exact) mass is 1710 g/mol. The van der Waals surface area contributed by atoms with E-state index in [0.29, 0.717) is 5.92 Å². The molecule has 0 radical (unpaired) electrons. The molecule has 0 atom stereocenters. The maximum absolute atomic E-state index is 6.57. The molecule has 0 N–H and O–H groups in total. The first kappa shape index (κ1) is 82.3. The molecule has 0 fully saturated rings. The molecule has 25 aromatic rings. The van der Waals surface area contributed by atoms with E-state index >= 15 is 0 Å². The Morgan fingerprint density at radius 2 is 0.573 bits per heavy atom. The van der Waals surface area contributed by atoms with Gasteiger partial charge in [0.1, 0.15) is 91.1 Å². The van der Waals surface area contributed by atoms with E-state index in [1.165, 1.54) is 165 Å². The largest absolute Gasteiger partial charge is 0.455 e. The van der Waals surface area contributed by atoms with Gasteiger partial charge >= 0.3 is 0 Å². The van der Waals surface area contributed by atoms with Crippen LogP contribution in [-0.4, -0.2) is 4.98 Å². The number of furan rings is 5. The number of hydrogen-bond acceptors (Lipinski definition) is 6. The molecule has 0 saturated carbocycles. The Bertz CT molecular complexity index is 8900. The average molecular weight is 1710 g/mol. The fraction of sp³-hybridized carbons (Fsp3) is 0.133. The Labute approximate surface area is 759 Å². The van der Waals surface area contributed by atoms with Crippen molar-refractivity contribution in [2.75, 3.05) is 0 Å². The minimum absolute atomic E-state index is 0.485. The number of benzene rings is 14. The quantitative estimate of drug-likeness (QED) is 0.147. The van der Waals surface area contributed by atoms with Crippen LogP contribution in [0, 0.1) is 41.5 Å². The van der Waals surface area contributed by atoms with Gasteiger partial charge < -0.3 is 22.1 Å². The van der Waals surface area contributed by atoms with Crippen LogP contribution >= 0.6 is 0 Å². The van der Waals surface area contributed by atoms with Gasteiger partial charge in [0.05, 0.1) is 33.3 Å². The highest BCUT2D eigenvalue weighted by Crippen LogP contribution is 2.46. The van der Waals surface area contributed by atoms with Gasteiger partial charge in [-0.2, -0.15) is 0 Å². The second kappa shape index (κ2) is 33.5. The number of pyridine rings is 6. The third-order valence-corrected chi connectivity index (χ3v) is 26.7. The summed E-state index contributed by atoms with van der Waals surface area (Å²) < 4.78 is 43.3. The Morgan fingerprint density at radius 1 is 0.252 bits per heavy atom. The molecule has 0 saturated heterocycles. The van der Waals surface area contributed by atoms with Crippen LogP contribution in [0.15, 0.2) is 363 Å². The second-order valence-electron chi connectivity index (χ2n) is 35.5. The van der Waals surface area contributed by atoms with Crippen LogP contribution < -0.4 is 22.8 Å². The molecule has 0 aliphatic rings. The number of rotatable bonds is 7. The van der Waals surface area contributed by atoms with Crippen molar-refractivity contribution in [2.45, 2.75) is 74.7 Å². The van der Waals surface area contributed by atoms with E-state index < -0.39 is 0 Å². The highest BCUT2D eigenvalue weighted by molar-refractivity contribution is 6.22. The molecular weight excluding hydrogens is 1610 g/mol. The van der Waals surface area contributed by atoms with Crippen LogP contribution in [-0.2, 0) is 41.7 Å². The fourth-order valence-corrected chi connectivity index (χ4v) is 19.5. The molecule has 11 aromatic heterocycles. The Morgan fingerprint density at radius 3 is 0.969 bits per heavy atom. The minimum atomic E-state index is 0.485. The van der Waals surface area contributed by atoms with Gasteiger partial charge in [-0.1, -0.05) is 209 Å². The topological polar surface area (TPSA) is 98.0 Å². The summed E-state index contributed by atoms with van der Waals surface area (Å²) in [4.78, 5) is 4.48. The third kappa shape index (κ3) is 14.5. The Balaban J connectivity index is 0.0000000989. The van der Waals surface area contributed by atoms with E-state index in [1.54, 1.807) is 0 Å². The third-order valence-electron chi connectivity index (χ3n) is 26.7. The lowest BCUT2D eigenvalue weighted by Gasteiger charge is -2.09. The number of aryl methyl sites for hydroxylation is 12. The highest BCUT2D eigenvalue weighted by Gasteiger charge is 2.29. The van der Waals surface area contributed by atoms with Gasteiger partial charge in [-0.05, 0) is 175 Å². The molecular formula is C120H101N6O5+5. The lowest BCUT2D eigenvalue weighted by Crippen LogP contribution is -2.31. The Kier molecular flexibility index (Phi) is 21.0. The summed E-state index contributed by atoms with van der Waals surface area (Å²) in [5.74, 6) is 0.485. The van der Waals surface area contributed by atoms with Gasteiger partial charge in [0.25, 0.3) is 0 Å². The zero-order valence-electron chi connectivity index (χ0n) is 76.3. The summed E-state index contributed by atoms with van der Waals surface area (Å²) in [5.41, 5.74) is 32.4. The summed E-state index contributed by atoms with van der Waals surface area (Å²) in [7, 11) is 10.4. The van der Waals surface area contributed by atoms with Crippen molar-refractivity contribution in [1.29, 1.82) is 0 Å². The standard InChI is InChI=1S/C26H24NO.C25H22NO.C24H20NO.C23H18NO.C22H17N2O/c1-16(2)19-13-14-27(4)23(15-19)24-17(3)9-11-22-21-12-10-18-7-5-6-8-20(18)25(21)28-26(22)24;1-4-17-13-14-26(3)22(15-17)23-16(2)9-11-21-20-12-10-18-7-5-6-8-19(18)24(20)27-25(21)23;1-15-12-13-25(3)21(14-15)22-16(2)8-10-20-19-11-9-17-6-4-5-7-18(17)23(19)26-24(20)22;1-15-10-12-19-18-13-11-16-7-3-4-8-17(16)22(18)25-23(19)21(15)20-9-5-6-14-24(20)2;1-14-8-9-16-17-13-18-15(6-5-10-23-18)12-20(17)25-22(16)21(14)19-7-3-4-11-24(19)2/h5-16H,1-4H3;5-15H,4H2,1-3H3;4-14H,1-3H3;3-14H,1-2H3;3-13H,1-2H3/q5*+1. The number of fused-ring (bicyclic) bond motifs is 24. The van der Waals surface area contributed by atoms with Gasteiger partial charge in [-0.25, -0.2) is 22.8 Å². The normalized spacial score (nSPS) is 11.7. The first-order valence-corrected chi connectivity index (χ1v) is 45.2. The summed E-state index contributed by atoms with van der Waals surface area (Å²) in [6.07, 6.45) is 13.4. The van der Waals surface area contributed by atoms with Crippen molar-refractivity contribution >= 4 is 164 Å². The van der Waals surface area contributed by atoms with E-state index in [2.05, 4.69) is 441 Å². The second-order valence-corrected chi connectivity index (χ2v) is 35.5. The summed E-state index contributed by atoms with van der Waals surface area (Å²) in [5, 5.41) is 22.2.